The van der Waals surface area contributed by atoms with Crippen molar-refractivity contribution in [1.29, 1.82) is 0 Å². The first-order valence-corrected chi connectivity index (χ1v) is 5.76. The molecule has 0 radical (unpaired) electrons. The zero-order valence-electron chi connectivity index (χ0n) is 7.60. The second kappa shape index (κ2) is 4.53. The van der Waals surface area contributed by atoms with Gasteiger partial charge in [-0.25, -0.2) is 13.6 Å². The zero-order chi connectivity index (χ0) is 11.5. The van der Waals surface area contributed by atoms with E-state index in [1.54, 1.807) is 0 Å². The maximum Gasteiger partial charge on any atom is 0.241 e. The number of ether oxygens (including phenoxy) is 1. The summed E-state index contributed by atoms with van der Waals surface area (Å²) in [5.41, 5.74) is 0. The average Bonchev–Trinajstić information content (AvgIpc) is 2.14. The van der Waals surface area contributed by atoms with Gasteiger partial charge in [-0.15, -0.1) is 6.42 Å². The molecular formula is C9H8ClNO3S. The van der Waals surface area contributed by atoms with E-state index in [0.717, 1.165) is 0 Å². The van der Waals surface area contributed by atoms with Crippen LogP contribution in [0.5, 0.6) is 5.75 Å². The molecule has 0 atom stereocenters. The number of rotatable bonds is 3. The summed E-state index contributed by atoms with van der Waals surface area (Å²) in [6, 6.07) is 4.10. The van der Waals surface area contributed by atoms with Gasteiger partial charge in [-0.05, 0) is 18.2 Å². The van der Waals surface area contributed by atoms with Crippen LogP contribution in [0.15, 0.2) is 23.1 Å². The van der Waals surface area contributed by atoms with Gasteiger partial charge in [0, 0.05) is 5.02 Å². The molecule has 0 aliphatic rings. The Bertz CT molecular complexity index is 505. The van der Waals surface area contributed by atoms with Crippen molar-refractivity contribution in [2.24, 2.45) is 5.14 Å². The molecule has 2 N–H and O–H groups in total. The molecule has 15 heavy (non-hydrogen) atoms. The number of nitrogens with two attached hydrogens (primary N) is 1. The minimum Gasteiger partial charge on any atom is -0.480 e. The van der Waals surface area contributed by atoms with Crippen molar-refractivity contribution >= 4 is 21.6 Å². The third kappa shape index (κ3) is 3.13. The van der Waals surface area contributed by atoms with Gasteiger partial charge in [0.05, 0.1) is 0 Å². The lowest BCUT2D eigenvalue weighted by molar-refractivity contribution is 0.360. The van der Waals surface area contributed by atoms with E-state index in [9.17, 15) is 8.42 Å². The van der Waals surface area contributed by atoms with E-state index in [4.69, 9.17) is 27.9 Å². The molecule has 0 saturated heterocycles. The minimum absolute atomic E-state index is 0.0375. The molecule has 80 valence electrons. The Morgan fingerprint density at radius 3 is 2.73 bits per heavy atom. The Kier molecular flexibility index (Phi) is 3.58. The van der Waals surface area contributed by atoms with Crippen LogP contribution in [0.3, 0.4) is 0 Å². The first kappa shape index (κ1) is 11.9. The van der Waals surface area contributed by atoms with Gasteiger partial charge in [0.15, 0.2) is 0 Å². The summed E-state index contributed by atoms with van der Waals surface area (Å²) in [7, 11) is -3.86. The highest BCUT2D eigenvalue weighted by molar-refractivity contribution is 7.89. The lowest BCUT2D eigenvalue weighted by atomic mass is 10.3. The fourth-order valence-corrected chi connectivity index (χ4v) is 1.88. The topological polar surface area (TPSA) is 69.4 Å². The van der Waals surface area contributed by atoms with Crippen LogP contribution in [0.25, 0.3) is 0 Å². The third-order valence-electron chi connectivity index (χ3n) is 1.52. The molecule has 0 bridgehead atoms. The van der Waals surface area contributed by atoms with Gasteiger partial charge in [0.2, 0.25) is 10.0 Å². The second-order valence-corrected chi connectivity index (χ2v) is 4.60. The predicted octanol–water partition coefficient (Wildman–Crippen LogP) is 0.999. The molecule has 1 rings (SSSR count). The van der Waals surface area contributed by atoms with E-state index < -0.39 is 10.0 Å². The molecule has 0 saturated carbocycles. The zero-order valence-corrected chi connectivity index (χ0v) is 9.18. The average molecular weight is 246 g/mol. The summed E-state index contributed by atoms with van der Waals surface area (Å²) < 4.78 is 27.3. The number of terminal acetylenes is 1. The minimum atomic E-state index is -3.86. The normalized spacial score (nSPS) is 10.7. The van der Waals surface area contributed by atoms with Gasteiger partial charge < -0.3 is 4.74 Å². The number of hydrogen-bond acceptors (Lipinski definition) is 3. The highest BCUT2D eigenvalue weighted by atomic mass is 35.5. The molecule has 0 spiro atoms. The van der Waals surface area contributed by atoms with Crippen molar-refractivity contribution < 1.29 is 13.2 Å². The van der Waals surface area contributed by atoms with Gasteiger partial charge in [-0.3, -0.25) is 0 Å². The SMILES string of the molecule is C#CCOc1ccc(Cl)cc1S(N)(=O)=O. The van der Waals surface area contributed by atoms with Crippen LogP contribution in [0.4, 0.5) is 0 Å². The third-order valence-corrected chi connectivity index (χ3v) is 2.69. The van der Waals surface area contributed by atoms with Crippen LogP contribution in [0.1, 0.15) is 0 Å². The Hall–Kier alpha value is -1.22. The smallest absolute Gasteiger partial charge is 0.241 e. The molecule has 0 aliphatic heterocycles. The molecule has 4 nitrogen and oxygen atoms in total. The van der Waals surface area contributed by atoms with E-state index in [2.05, 4.69) is 5.92 Å². The Morgan fingerprint density at radius 1 is 1.53 bits per heavy atom. The molecule has 0 amide bonds. The number of halogens is 1. The first-order valence-electron chi connectivity index (χ1n) is 3.84. The molecule has 0 aromatic heterocycles. The van der Waals surface area contributed by atoms with Crippen LogP contribution < -0.4 is 9.88 Å². The van der Waals surface area contributed by atoms with Gasteiger partial charge in [-0.2, -0.15) is 0 Å². The van der Waals surface area contributed by atoms with Gasteiger partial charge in [0.1, 0.15) is 17.3 Å². The predicted molar refractivity (Wildman–Crippen MR) is 57.2 cm³/mol. The van der Waals surface area contributed by atoms with Crippen molar-refractivity contribution in [1.82, 2.24) is 0 Å². The van der Waals surface area contributed by atoms with E-state index in [0.29, 0.717) is 0 Å². The molecule has 0 fully saturated rings. The van der Waals surface area contributed by atoms with Crippen LogP contribution in [0, 0.1) is 12.3 Å². The number of hydrogen-bond donors (Lipinski definition) is 1. The molecule has 0 unspecified atom stereocenters. The standard InChI is InChI=1S/C9H8ClNO3S/c1-2-5-14-8-4-3-7(10)6-9(8)15(11,12)13/h1,3-4,6H,5H2,(H2,11,12,13). The largest absolute Gasteiger partial charge is 0.480 e. The second-order valence-electron chi connectivity index (χ2n) is 2.63. The van der Waals surface area contributed by atoms with Crippen LogP contribution in [0.2, 0.25) is 5.02 Å². The molecule has 0 heterocycles. The monoisotopic (exact) mass is 245 g/mol. The van der Waals surface area contributed by atoms with Crippen LogP contribution in [-0.4, -0.2) is 15.0 Å². The Morgan fingerprint density at radius 2 is 2.20 bits per heavy atom. The summed E-state index contributed by atoms with van der Waals surface area (Å²) in [4.78, 5) is -0.176. The van der Waals surface area contributed by atoms with E-state index >= 15 is 0 Å². The van der Waals surface area contributed by atoms with Gasteiger partial charge >= 0.3 is 0 Å². The Labute approximate surface area is 93.0 Å². The van der Waals surface area contributed by atoms with Gasteiger partial charge in [-0.1, -0.05) is 17.5 Å². The van der Waals surface area contributed by atoms with Gasteiger partial charge in [0.25, 0.3) is 0 Å². The highest BCUT2D eigenvalue weighted by Crippen LogP contribution is 2.26. The lowest BCUT2D eigenvalue weighted by Gasteiger charge is -2.07. The summed E-state index contributed by atoms with van der Waals surface area (Å²) in [6.45, 7) is -0.0375. The fourth-order valence-electron chi connectivity index (χ4n) is 0.943. The molecule has 6 heteroatoms. The van der Waals surface area contributed by atoms with Crippen molar-refractivity contribution in [3.63, 3.8) is 0 Å². The molecule has 0 aliphatic carbocycles. The summed E-state index contributed by atoms with van der Waals surface area (Å²) in [5.74, 6) is 2.32. The Balaban J connectivity index is 3.22. The first-order chi connectivity index (χ1) is 6.95. The van der Waals surface area contributed by atoms with Crippen LogP contribution in [-0.2, 0) is 10.0 Å². The van der Waals surface area contributed by atoms with Crippen molar-refractivity contribution in [3.05, 3.63) is 23.2 Å². The van der Waals surface area contributed by atoms with Crippen molar-refractivity contribution in [2.45, 2.75) is 4.90 Å². The summed E-state index contributed by atoms with van der Waals surface area (Å²) >= 11 is 5.64. The maximum atomic E-state index is 11.2. The van der Waals surface area contributed by atoms with Crippen molar-refractivity contribution in [3.8, 4) is 18.1 Å². The van der Waals surface area contributed by atoms with E-state index in [-0.39, 0.29) is 22.3 Å². The number of primary sulfonamides is 1. The quantitative estimate of drug-likeness (QED) is 0.808. The number of benzene rings is 1. The van der Waals surface area contributed by atoms with E-state index in [1.807, 2.05) is 0 Å². The highest BCUT2D eigenvalue weighted by Gasteiger charge is 2.15. The number of sulfonamides is 1. The summed E-state index contributed by atoms with van der Waals surface area (Å²) in [6.07, 6.45) is 4.98. The van der Waals surface area contributed by atoms with Crippen LogP contribution >= 0.6 is 11.6 Å². The molecule has 1 aromatic rings. The van der Waals surface area contributed by atoms with Crippen molar-refractivity contribution in [2.75, 3.05) is 6.61 Å². The molecule has 1 aromatic carbocycles. The summed E-state index contributed by atoms with van der Waals surface area (Å²) in [5, 5.41) is 5.24. The maximum absolute atomic E-state index is 11.2. The molecular weight excluding hydrogens is 238 g/mol. The fraction of sp³-hybridized carbons (Fsp3) is 0.111. The lowest BCUT2D eigenvalue weighted by Crippen LogP contribution is -2.14. The van der Waals surface area contributed by atoms with E-state index in [1.165, 1.54) is 18.2 Å².